The van der Waals surface area contributed by atoms with Crippen molar-refractivity contribution in [2.45, 2.75) is 45.1 Å². The molecule has 2 atom stereocenters. The van der Waals surface area contributed by atoms with Gasteiger partial charge in [-0.15, -0.1) is 24.8 Å². The van der Waals surface area contributed by atoms with Crippen LogP contribution in [-0.4, -0.2) is 48.3 Å². The van der Waals surface area contributed by atoms with E-state index >= 15 is 0 Å². The van der Waals surface area contributed by atoms with Crippen molar-refractivity contribution in [1.82, 2.24) is 4.90 Å². The van der Waals surface area contributed by atoms with Gasteiger partial charge in [-0.2, -0.15) is 0 Å². The molecule has 0 radical (unpaired) electrons. The molecule has 1 aromatic carbocycles. The number of nitrogens with zero attached hydrogens (tertiary/aromatic N) is 2. The van der Waals surface area contributed by atoms with Crippen molar-refractivity contribution in [2.24, 2.45) is 11.7 Å². The number of ketones is 1. The van der Waals surface area contributed by atoms with Crippen LogP contribution in [0.2, 0.25) is 0 Å². The van der Waals surface area contributed by atoms with E-state index in [0.717, 1.165) is 25.7 Å². The molecule has 2 unspecified atom stereocenters. The number of rotatable bonds is 3. The molecule has 0 aromatic heterocycles. The summed E-state index contributed by atoms with van der Waals surface area (Å²) in [7, 11) is 0. The van der Waals surface area contributed by atoms with Crippen LogP contribution >= 0.6 is 24.8 Å². The van der Waals surface area contributed by atoms with Crippen molar-refractivity contribution in [1.29, 1.82) is 0 Å². The number of carbonyl (C=O) groups is 2. The normalized spacial score (nSPS) is 24.8. The third-order valence-electron chi connectivity index (χ3n) is 5.84. The van der Waals surface area contributed by atoms with Crippen LogP contribution in [0.25, 0.3) is 0 Å². The first kappa shape index (κ1) is 24.7. The van der Waals surface area contributed by atoms with Crippen LogP contribution in [0.15, 0.2) is 18.2 Å². The van der Waals surface area contributed by atoms with Crippen LogP contribution in [0.1, 0.15) is 49.9 Å². The van der Waals surface area contributed by atoms with E-state index in [2.05, 4.69) is 0 Å². The van der Waals surface area contributed by atoms with Gasteiger partial charge < -0.3 is 15.5 Å². The highest BCUT2D eigenvalue weighted by Crippen LogP contribution is 2.33. The molecule has 1 amide bonds. The fourth-order valence-corrected chi connectivity index (χ4v) is 4.13. The maximum atomic E-state index is 14.4. The topological polar surface area (TPSA) is 66.6 Å². The molecule has 0 bridgehead atoms. The van der Waals surface area contributed by atoms with E-state index in [1.54, 1.807) is 12.1 Å². The highest BCUT2D eigenvalue weighted by Gasteiger charge is 2.40. The van der Waals surface area contributed by atoms with Gasteiger partial charge >= 0.3 is 0 Å². The van der Waals surface area contributed by atoms with Crippen LogP contribution in [0.5, 0.6) is 0 Å². The first-order valence-corrected chi connectivity index (χ1v) is 9.43. The van der Waals surface area contributed by atoms with Crippen LogP contribution in [0.3, 0.4) is 0 Å². The molecular formula is C20H30Cl2FN3O2. The van der Waals surface area contributed by atoms with E-state index in [-0.39, 0.29) is 48.2 Å². The second kappa shape index (κ2) is 9.90. The Morgan fingerprint density at radius 1 is 1.14 bits per heavy atom. The average molecular weight is 434 g/mol. The minimum atomic E-state index is -0.429. The number of benzene rings is 1. The summed E-state index contributed by atoms with van der Waals surface area (Å²) in [5.41, 5.74) is 6.81. The highest BCUT2D eigenvalue weighted by molar-refractivity contribution is 5.94. The number of halogens is 3. The Morgan fingerprint density at radius 3 is 2.32 bits per heavy atom. The van der Waals surface area contributed by atoms with Gasteiger partial charge in [-0.1, -0.05) is 12.8 Å². The fourth-order valence-electron chi connectivity index (χ4n) is 4.13. The van der Waals surface area contributed by atoms with Gasteiger partial charge in [0, 0.05) is 37.3 Å². The van der Waals surface area contributed by atoms with Crippen LogP contribution in [0, 0.1) is 11.7 Å². The van der Waals surface area contributed by atoms with Crippen LogP contribution in [-0.2, 0) is 4.79 Å². The minimum absolute atomic E-state index is 0. The molecule has 0 spiro atoms. The largest absolute Gasteiger partial charge is 0.366 e. The maximum absolute atomic E-state index is 14.4. The van der Waals surface area contributed by atoms with E-state index in [1.165, 1.54) is 13.0 Å². The SMILES string of the molecule is CC(=O)c1ccc(N2CCN(C(=O)C3CCCCC3(C)N)CC2)c(F)c1.Cl.Cl. The Hall–Kier alpha value is -1.37. The van der Waals surface area contributed by atoms with Gasteiger partial charge in [-0.3, -0.25) is 9.59 Å². The molecule has 1 aliphatic heterocycles. The molecule has 158 valence electrons. The molecule has 1 saturated heterocycles. The van der Waals surface area contributed by atoms with Gasteiger partial charge in [-0.05, 0) is 44.9 Å². The van der Waals surface area contributed by atoms with Gasteiger partial charge in [0.2, 0.25) is 5.91 Å². The number of anilines is 1. The first-order valence-electron chi connectivity index (χ1n) is 9.43. The Labute approximate surface area is 178 Å². The van der Waals surface area contributed by atoms with E-state index in [0.29, 0.717) is 37.4 Å². The summed E-state index contributed by atoms with van der Waals surface area (Å²) in [5.74, 6) is -0.515. The maximum Gasteiger partial charge on any atom is 0.227 e. The summed E-state index contributed by atoms with van der Waals surface area (Å²) in [6, 6.07) is 4.60. The highest BCUT2D eigenvalue weighted by atomic mass is 35.5. The van der Waals surface area contributed by atoms with Crippen molar-refractivity contribution in [3.05, 3.63) is 29.6 Å². The Kier molecular flexibility index (Phi) is 8.72. The monoisotopic (exact) mass is 433 g/mol. The fraction of sp³-hybridized carbons (Fsp3) is 0.600. The van der Waals surface area contributed by atoms with E-state index in [1.807, 2.05) is 16.7 Å². The lowest BCUT2D eigenvalue weighted by Crippen LogP contribution is -2.57. The zero-order chi connectivity index (χ0) is 18.9. The van der Waals surface area contributed by atoms with Gasteiger partial charge in [0.1, 0.15) is 5.82 Å². The number of Topliss-reactive ketones (excluding diaryl/α,β-unsaturated/α-hetero) is 1. The summed E-state index contributed by atoms with van der Waals surface area (Å²) < 4.78 is 14.4. The van der Waals surface area contributed by atoms with Crippen molar-refractivity contribution in [3.63, 3.8) is 0 Å². The molecule has 1 aliphatic carbocycles. The molecule has 2 fully saturated rings. The van der Waals surface area contributed by atoms with Crippen LogP contribution < -0.4 is 10.6 Å². The second-order valence-electron chi connectivity index (χ2n) is 7.84. The molecule has 2 aliphatic rings. The summed E-state index contributed by atoms with van der Waals surface area (Å²) in [5, 5.41) is 0. The molecule has 2 N–H and O–H groups in total. The van der Waals surface area contributed by atoms with Gasteiger partial charge in [0.05, 0.1) is 11.6 Å². The predicted molar refractivity (Wildman–Crippen MR) is 114 cm³/mol. The summed E-state index contributed by atoms with van der Waals surface area (Å²) in [6.45, 7) is 5.71. The number of piperazine rings is 1. The third kappa shape index (κ3) is 5.16. The summed E-state index contributed by atoms with van der Waals surface area (Å²) in [4.78, 5) is 28.1. The second-order valence-corrected chi connectivity index (χ2v) is 7.84. The molecule has 28 heavy (non-hydrogen) atoms. The number of nitrogens with two attached hydrogens (primary N) is 1. The smallest absolute Gasteiger partial charge is 0.227 e. The van der Waals surface area contributed by atoms with E-state index in [9.17, 15) is 14.0 Å². The van der Waals surface area contributed by atoms with Gasteiger partial charge in [0.25, 0.3) is 0 Å². The van der Waals surface area contributed by atoms with Crippen LogP contribution in [0.4, 0.5) is 10.1 Å². The van der Waals surface area contributed by atoms with Crippen molar-refractivity contribution in [2.75, 3.05) is 31.1 Å². The Morgan fingerprint density at radius 2 is 1.79 bits per heavy atom. The van der Waals surface area contributed by atoms with Crippen molar-refractivity contribution in [3.8, 4) is 0 Å². The molecular weight excluding hydrogens is 404 g/mol. The quantitative estimate of drug-likeness (QED) is 0.741. The average Bonchev–Trinajstić information content (AvgIpc) is 2.61. The number of hydrogen-bond acceptors (Lipinski definition) is 4. The zero-order valence-corrected chi connectivity index (χ0v) is 18.1. The lowest BCUT2D eigenvalue weighted by molar-refractivity contribution is -0.139. The number of carbonyl (C=O) groups excluding carboxylic acids is 2. The zero-order valence-electron chi connectivity index (χ0n) is 16.4. The van der Waals surface area contributed by atoms with Crippen molar-refractivity contribution >= 4 is 42.2 Å². The molecule has 8 heteroatoms. The van der Waals surface area contributed by atoms with E-state index < -0.39 is 5.54 Å². The Balaban J connectivity index is 0.00000196. The number of amides is 1. The lowest BCUT2D eigenvalue weighted by atomic mass is 9.74. The number of hydrogen-bond donors (Lipinski definition) is 1. The van der Waals surface area contributed by atoms with Gasteiger partial charge in [0.15, 0.2) is 5.78 Å². The molecule has 1 aromatic rings. The first-order chi connectivity index (χ1) is 12.3. The van der Waals surface area contributed by atoms with Gasteiger partial charge in [-0.25, -0.2) is 4.39 Å². The molecule has 3 rings (SSSR count). The standard InChI is InChI=1S/C20H28FN3O2.2ClH/c1-14(25)15-6-7-18(17(21)13-15)23-9-11-24(12-10-23)19(26)16-5-3-4-8-20(16,2)22;;/h6-7,13,16H,3-5,8-12,22H2,1-2H3;2*1H. The summed E-state index contributed by atoms with van der Waals surface area (Å²) >= 11 is 0. The summed E-state index contributed by atoms with van der Waals surface area (Å²) in [6.07, 6.45) is 3.88. The minimum Gasteiger partial charge on any atom is -0.366 e. The lowest BCUT2D eigenvalue weighted by Gasteiger charge is -2.43. The van der Waals surface area contributed by atoms with Crippen molar-refractivity contribution < 1.29 is 14.0 Å². The molecule has 1 heterocycles. The van der Waals surface area contributed by atoms with E-state index in [4.69, 9.17) is 5.73 Å². The predicted octanol–water partition coefficient (Wildman–Crippen LogP) is 3.43. The Bertz CT molecular complexity index is 707. The molecule has 1 saturated carbocycles. The third-order valence-corrected chi connectivity index (χ3v) is 5.84. The molecule has 5 nitrogen and oxygen atoms in total.